The van der Waals surface area contributed by atoms with Crippen LogP contribution in [0.15, 0.2) is 24.3 Å². The van der Waals surface area contributed by atoms with Crippen molar-refractivity contribution < 1.29 is 27.4 Å². The summed E-state index contributed by atoms with van der Waals surface area (Å²) in [5, 5.41) is 2.49. The van der Waals surface area contributed by atoms with Gasteiger partial charge in [-0.1, -0.05) is 12.1 Å². The highest BCUT2D eigenvalue weighted by atomic mass is 19.4. The Kier molecular flexibility index (Phi) is 7.14. The lowest BCUT2D eigenvalue weighted by atomic mass is 10.1. The number of carbonyl (C=O) groups excluding carboxylic acids is 1. The Morgan fingerprint density at radius 3 is 2.43 bits per heavy atom. The predicted molar refractivity (Wildman–Crippen MR) is 98.3 cm³/mol. The summed E-state index contributed by atoms with van der Waals surface area (Å²) in [6.07, 6.45) is -3.17. The summed E-state index contributed by atoms with van der Waals surface area (Å²) in [7, 11) is 0. The minimum Gasteiger partial charge on any atom is -0.381 e. The first-order valence-electron chi connectivity index (χ1n) is 9.57. The summed E-state index contributed by atoms with van der Waals surface area (Å²) in [4.78, 5) is 16.8. The van der Waals surface area contributed by atoms with Crippen LogP contribution in [-0.4, -0.2) is 74.5 Å². The van der Waals surface area contributed by atoms with Gasteiger partial charge in [-0.15, -0.1) is 0 Å². The van der Waals surface area contributed by atoms with Gasteiger partial charge in [0.2, 0.25) is 0 Å². The Morgan fingerprint density at radius 2 is 1.75 bits per heavy atom. The average Bonchev–Trinajstić information content (AvgIpc) is 2.69. The molecule has 0 aromatic heterocycles. The number of nitrogens with zero attached hydrogens (tertiary/aromatic N) is 2. The molecule has 0 spiro atoms. The predicted octanol–water partition coefficient (Wildman–Crippen LogP) is 3.05. The molecule has 0 aliphatic carbocycles. The fraction of sp³-hybridized carbons (Fsp3) is 0.632. The highest BCUT2D eigenvalue weighted by Crippen LogP contribution is 2.34. The number of ether oxygens (including phenoxy) is 2. The van der Waals surface area contributed by atoms with Gasteiger partial charge in [0.25, 0.3) is 0 Å². The van der Waals surface area contributed by atoms with Gasteiger partial charge < -0.3 is 19.7 Å². The molecule has 2 aliphatic heterocycles. The molecule has 1 N–H and O–H groups in total. The fourth-order valence-corrected chi connectivity index (χ4v) is 3.55. The van der Waals surface area contributed by atoms with E-state index in [1.807, 2.05) is 0 Å². The van der Waals surface area contributed by atoms with Gasteiger partial charge in [0.15, 0.2) is 0 Å². The molecule has 1 aromatic rings. The third-order valence-corrected chi connectivity index (χ3v) is 5.13. The Bertz CT molecular complexity index is 645. The molecule has 0 bridgehead atoms. The van der Waals surface area contributed by atoms with E-state index >= 15 is 0 Å². The van der Waals surface area contributed by atoms with Crippen LogP contribution in [0.3, 0.4) is 0 Å². The van der Waals surface area contributed by atoms with Crippen LogP contribution in [0.1, 0.15) is 18.4 Å². The largest absolute Gasteiger partial charge is 0.418 e. The number of hydrogen-bond acceptors (Lipinski definition) is 4. The van der Waals surface area contributed by atoms with Crippen LogP contribution in [-0.2, 0) is 15.7 Å². The van der Waals surface area contributed by atoms with Gasteiger partial charge in [-0.05, 0) is 25.0 Å². The zero-order chi connectivity index (χ0) is 20.0. The molecule has 3 rings (SSSR count). The smallest absolute Gasteiger partial charge is 0.381 e. The molecule has 2 fully saturated rings. The third-order valence-electron chi connectivity index (χ3n) is 5.13. The van der Waals surface area contributed by atoms with Crippen molar-refractivity contribution in [2.75, 3.05) is 57.9 Å². The fourth-order valence-electron chi connectivity index (χ4n) is 3.55. The van der Waals surface area contributed by atoms with E-state index in [9.17, 15) is 18.0 Å². The average molecular weight is 401 g/mol. The molecule has 2 saturated heterocycles. The van der Waals surface area contributed by atoms with Crippen LogP contribution in [0.2, 0.25) is 0 Å². The minimum absolute atomic E-state index is 0.0483. The van der Waals surface area contributed by atoms with Crippen LogP contribution < -0.4 is 5.32 Å². The number of urea groups is 1. The molecule has 1 aromatic carbocycles. The van der Waals surface area contributed by atoms with Crippen LogP contribution in [0.25, 0.3) is 0 Å². The molecular formula is C19H26F3N3O3. The molecule has 2 aliphatic rings. The Balaban J connectivity index is 1.71. The summed E-state index contributed by atoms with van der Waals surface area (Å²) in [6.45, 7) is 5.10. The number of rotatable bonds is 5. The summed E-state index contributed by atoms with van der Waals surface area (Å²) >= 11 is 0. The van der Waals surface area contributed by atoms with E-state index in [0.717, 1.165) is 19.2 Å². The Hall–Kier alpha value is -1.84. The summed E-state index contributed by atoms with van der Waals surface area (Å²) < 4.78 is 50.4. The topological polar surface area (TPSA) is 54.0 Å². The van der Waals surface area contributed by atoms with Crippen molar-refractivity contribution in [3.05, 3.63) is 29.8 Å². The molecule has 2 heterocycles. The molecule has 6 nitrogen and oxygen atoms in total. The maximum absolute atomic E-state index is 13.2. The molecule has 28 heavy (non-hydrogen) atoms. The molecule has 9 heteroatoms. The number of nitrogens with one attached hydrogen (secondary N) is 1. The lowest BCUT2D eigenvalue weighted by molar-refractivity contribution is -0.136. The normalized spacial score (nSPS) is 19.4. The van der Waals surface area contributed by atoms with E-state index in [4.69, 9.17) is 9.47 Å². The molecule has 0 saturated carbocycles. The number of benzene rings is 1. The van der Waals surface area contributed by atoms with E-state index < -0.39 is 17.8 Å². The number of carbonyl (C=O) groups is 1. The second kappa shape index (κ2) is 9.58. The number of para-hydroxylation sites is 1. The zero-order valence-corrected chi connectivity index (χ0v) is 15.7. The van der Waals surface area contributed by atoms with E-state index in [2.05, 4.69) is 10.2 Å². The minimum atomic E-state index is -4.53. The number of alkyl halides is 3. The quantitative estimate of drug-likeness (QED) is 0.824. The standard InChI is InChI=1S/C19H26F3N3O3/c20-19(21,22)16-3-1-2-4-17(16)23-18(26)25(15-5-11-27-12-6-15)8-7-24-9-13-28-14-10-24/h1-4,15H,5-14H2,(H,23,26). The van der Waals surface area contributed by atoms with Crippen molar-refractivity contribution in [1.29, 1.82) is 0 Å². The first-order chi connectivity index (χ1) is 13.4. The monoisotopic (exact) mass is 401 g/mol. The van der Waals surface area contributed by atoms with E-state index in [1.165, 1.54) is 18.2 Å². The lowest BCUT2D eigenvalue weighted by Gasteiger charge is -2.36. The summed E-state index contributed by atoms with van der Waals surface area (Å²) in [5.41, 5.74) is -1.06. The highest BCUT2D eigenvalue weighted by molar-refractivity contribution is 5.90. The van der Waals surface area contributed by atoms with Crippen molar-refractivity contribution in [3.8, 4) is 0 Å². The van der Waals surface area contributed by atoms with Gasteiger partial charge in [0, 0.05) is 45.4 Å². The number of amides is 2. The zero-order valence-electron chi connectivity index (χ0n) is 15.7. The van der Waals surface area contributed by atoms with Gasteiger partial charge in [0.05, 0.1) is 24.5 Å². The number of morpholine rings is 1. The van der Waals surface area contributed by atoms with Crippen molar-refractivity contribution in [1.82, 2.24) is 9.80 Å². The summed E-state index contributed by atoms with van der Waals surface area (Å²) in [5.74, 6) is 0. The highest BCUT2D eigenvalue weighted by Gasteiger charge is 2.34. The van der Waals surface area contributed by atoms with Crippen LogP contribution in [0.5, 0.6) is 0 Å². The number of halogens is 3. The number of hydrogen-bond donors (Lipinski definition) is 1. The Labute approximate surface area is 162 Å². The first-order valence-corrected chi connectivity index (χ1v) is 9.57. The first kappa shape index (κ1) is 20.9. The second-order valence-corrected chi connectivity index (χ2v) is 6.96. The molecular weight excluding hydrogens is 375 g/mol. The van der Waals surface area contributed by atoms with Crippen molar-refractivity contribution in [2.45, 2.75) is 25.1 Å². The number of anilines is 1. The molecule has 156 valence electrons. The third kappa shape index (κ3) is 5.59. The second-order valence-electron chi connectivity index (χ2n) is 6.96. The van der Waals surface area contributed by atoms with Gasteiger partial charge in [-0.3, -0.25) is 4.90 Å². The van der Waals surface area contributed by atoms with E-state index in [1.54, 1.807) is 4.90 Å². The maximum Gasteiger partial charge on any atom is 0.418 e. The van der Waals surface area contributed by atoms with Gasteiger partial charge in [-0.2, -0.15) is 13.2 Å². The Morgan fingerprint density at radius 1 is 1.11 bits per heavy atom. The van der Waals surface area contributed by atoms with Crippen molar-refractivity contribution in [3.63, 3.8) is 0 Å². The summed E-state index contributed by atoms with van der Waals surface area (Å²) in [6, 6.07) is 4.50. The van der Waals surface area contributed by atoms with E-state index in [-0.39, 0.29) is 11.7 Å². The molecule has 0 atom stereocenters. The maximum atomic E-state index is 13.2. The van der Waals surface area contributed by atoms with Gasteiger partial charge in [-0.25, -0.2) is 4.79 Å². The molecule has 2 amide bonds. The molecule has 0 radical (unpaired) electrons. The lowest BCUT2D eigenvalue weighted by Crippen LogP contribution is -2.50. The molecule has 0 unspecified atom stereocenters. The van der Waals surface area contributed by atoms with Crippen LogP contribution in [0.4, 0.5) is 23.7 Å². The van der Waals surface area contributed by atoms with E-state index in [0.29, 0.717) is 52.4 Å². The van der Waals surface area contributed by atoms with Crippen LogP contribution >= 0.6 is 0 Å². The van der Waals surface area contributed by atoms with Gasteiger partial charge >= 0.3 is 12.2 Å². The van der Waals surface area contributed by atoms with Crippen LogP contribution in [0, 0.1) is 0 Å². The van der Waals surface area contributed by atoms with Crippen molar-refractivity contribution in [2.24, 2.45) is 0 Å². The van der Waals surface area contributed by atoms with Crippen molar-refractivity contribution >= 4 is 11.7 Å². The SMILES string of the molecule is O=C(Nc1ccccc1C(F)(F)F)N(CCN1CCOCC1)C1CCOCC1. The van der Waals surface area contributed by atoms with Gasteiger partial charge in [0.1, 0.15) is 0 Å².